The van der Waals surface area contributed by atoms with Crippen LogP contribution >= 0.6 is 11.6 Å². The van der Waals surface area contributed by atoms with Crippen molar-refractivity contribution in [2.24, 2.45) is 5.92 Å². The smallest absolute Gasteiger partial charge is 0.279 e. The van der Waals surface area contributed by atoms with Crippen LogP contribution in [0.15, 0.2) is 24.3 Å². The first-order valence-electron chi connectivity index (χ1n) is 9.43. The standard InChI is InChI=1S/C18H25ClN2O7S/c19-14-3-1-2-13(10-14)11-28-15-4-7-20(8-5-15)29(25,26)17-6-9-27-12-16(17)18(22)21(23)24/h1-3,10,15-17,23-24H,4-9,11-12H2. The molecule has 1 aromatic rings. The van der Waals surface area contributed by atoms with Crippen molar-refractivity contribution in [1.29, 1.82) is 0 Å². The molecule has 0 radical (unpaired) electrons. The molecule has 0 spiro atoms. The van der Waals surface area contributed by atoms with Crippen molar-refractivity contribution in [2.45, 2.75) is 37.2 Å². The van der Waals surface area contributed by atoms with E-state index in [1.54, 1.807) is 6.07 Å². The molecule has 3 rings (SSSR count). The summed E-state index contributed by atoms with van der Waals surface area (Å²) in [6.45, 7) is 0.992. The maximum atomic E-state index is 13.1. The van der Waals surface area contributed by atoms with E-state index in [9.17, 15) is 13.2 Å². The lowest BCUT2D eigenvalue weighted by molar-refractivity contribution is -0.289. The summed E-state index contributed by atoms with van der Waals surface area (Å²) in [5.74, 6) is -2.24. The number of amides is 1. The fourth-order valence-corrected chi connectivity index (χ4v) is 6.06. The Morgan fingerprint density at radius 2 is 2.00 bits per heavy atom. The summed E-state index contributed by atoms with van der Waals surface area (Å²) in [6.07, 6.45) is 1.12. The van der Waals surface area contributed by atoms with Crippen LogP contribution in [0, 0.1) is 5.92 Å². The van der Waals surface area contributed by atoms with Crippen LogP contribution < -0.4 is 0 Å². The number of hydrogen-bond acceptors (Lipinski definition) is 7. The summed E-state index contributed by atoms with van der Waals surface area (Å²) in [4.78, 5) is 12.0. The minimum Gasteiger partial charge on any atom is -0.381 e. The van der Waals surface area contributed by atoms with Gasteiger partial charge in [0.1, 0.15) is 0 Å². The van der Waals surface area contributed by atoms with Gasteiger partial charge in [-0.05, 0) is 37.0 Å². The third-order valence-corrected chi connectivity index (χ3v) is 7.97. The van der Waals surface area contributed by atoms with Gasteiger partial charge in [-0.1, -0.05) is 29.0 Å². The van der Waals surface area contributed by atoms with Crippen LogP contribution in [0.5, 0.6) is 0 Å². The molecule has 2 saturated heterocycles. The first-order valence-corrected chi connectivity index (χ1v) is 11.3. The fraction of sp³-hybridized carbons (Fsp3) is 0.611. The molecule has 162 valence electrons. The highest BCUT2D eigenvalue weighted by molar-refractivity contribution is 7.89. The summed E-state index contributed by atoms with van der Waals surface area (Å²) in [5, 5.41) is 17.1. The van der Waals surface area contributed by atoms with E-state index >= 15 is 0 Å². The molecule has 0 saturated carbocycles. The van der Waals surface area contributed by atoms with Gasteiger partial charge in [0, 0.05) is 24.7 Å². The van der Waals surface area contributed by atoms with Crippen LogP contribution in [0.3, 0.4) is 0 Å². The number of carbonyl (C=O) groups excluding carboxylic acids is 1. The predicted molar refractivity (Wildman–Crippen MR) is 103 cm³/mol. The number of carbonyl (C=O) groups is 1. The van der Waals surface area contributed by atoms with Gasteiger partial charge in [0.05, 0.1) is 30.5 Å². The van der Waals surface area contributed by atoms with Crippen LogP contribution in [0.25, 0.3) is 0 Å². The molecule has 29 heavy (non-hydrogen) atoms. The van der Waals surface area contributed by atoms with Crippen molar-refractivity contribution in [3.05, 3.63) is 34.9 Å². The molecule has 2 unspecified atom stereocenters. The van der Waals surface area contributed by atoms with E-state index in [1.807, 2.05) is 18.2 Å². The molecule has 2 fully saturated rings. The molecule has 11 heteroatoms. The Morgan fingerprint density at radius 1 is 1.28 bits per heavy atom. The maximum Gasteiger partial charge on any atom is 0.279 e. The van der Waals surface area contributed by atoms with Gasteiger partial charge in [-0.15, -0.1) is 0 Å². The van der Waals surface area contributed by atoms with E-state index in [-0.39, 0.29) is 38.8 Å². The Balaban J connectivity index is 1.57. The van der Waals surface area contributed by atoms with Crippen molar-refractivity contribution >= 4 is 27.5 Å². The summed E-state index contributed by atoms with van der Waals surface area (Å²) in [7, 11) is -3.80. The molecule has 9 nitrogen and oxygen atoms in total. The van der Waals surface area contributed by atoms with Crippen LogP contribution in [-0.4, -0.2) is 71.9 Å². The summed E-state index contributed by atoms with van der Waals surface area (Å²) >= 11 is 5.97. The molecule has 0 aromatic heterocycles. The molecule has 2 aliphatic rings. The van der Waals surface area contributed by atoms with Crippen LogP contribution in [0.1, 0.15) is 24.8 Å². The van der Waals surface area contributed by atoms with Crippen molar-refractivity contribution in [3.63, 3.8) is 0 Å². The predicted octanol–water partition coefficient (Wildman–Crippen LogP) is 1.66. The van der Waals surface area contributed by atoms with Gasteiger partial charge in [-0.2, -0.15) is 0 Å². The number of halogens is 1. The monoisotopic (exact) mass is 448 g/mol. The average molecular weight is 449 g/mol. The van der Waals surface area contributed by atoms with Gasteiger partial charge in [0.2, 0.25) is 10.0 Å². The van der Waals surface area contributed by atoms with Crippen molar-refractivity contribution < 1.29 is 33.1 Å². The molecule has 1 amide bonds. The lowest BCUT2D eigenvalue weighted by Gasteiger charge is -2.37. The van der Waals surface area contributed by atoms with Crippen molar-refractivity contribution in [2.75, 3.05) is 26.3 Å². The first-order chi connectivity index (χ1) is 13.8. The minimum atomic E-state index is -3.80. The normalized spacial score (nSPS) is 24.4. The van der Waals surface area contributed by atoms with Gasteiger partial charge < -0.3 is 9.47 Å². The summed E-state index contributed by atoms with van der Waals surface area (Å²) in [5.41, 5.74) is 0.952. The fourth-order valence-electron chi connectivity index (χ4n) is 3.74. The summed E-state index contributed by atoms with van der Waals surface area (Å²) in [6, 6.07) is 7.38. The third kappa shape index (κ3) is 5.46. The Hall–Kier alpha value is -1.27. The van der Waals surface area contributed by atoms with E-state index in [1.165, 1.54) is 4.31 Å². The molecular formula is C18H25ClN2O7S. The molecule has 0 bridgehead atoms. The highest BCUT2D eigenvalue weighted by atomic mass is 35.5. The Morgan fingerprint density at radius 3 is 2.66 bits per heavy atom. The number of hydrogen-bond donors (Lipinski definition) is 2. The molecule has 1 aromatic carbocycles. The van der Waals surface area contributed by atoms with Gasteiger partial charge in [0.25, 0.3) is 5.91 Å². The molecule has 2 atom stereocenters. The van der Waals surface area contributed by atoms with E-state index in [0.717, 1.165) is 5.56 Å². The quantitative estimate of drug-likeness (QED) is 0.502. The number of piperidine rings is 1. The van der Waals surface area contributed by atoms with Crippen molar-refractivity contribution in [1.82, 2.24) is 9.53 Å². The Bertz CT molecular complexity index is 812. The number of sulfonamides is 1. The second-order valence-electron chi connectivity index (χ2n) is 7.22. The van der Waals surface area contributed by atoms with Gasteiger partial charge >= 0.3 is 0 Å². The van der Waals surface area contributed by atoms with E-state index in [0.29, 0.717) is 24.5 Å². The highest BCUT2D eigenvalue weighted by Crippen LogP contribution is 2.29. The van der Waals surface area contributed by atoms with Gasteiger partial charge in [0.15, 0.2) is 0 Å². The molecule has 2 heterocycles. The molecule has 2 N–H and O–H groups in total. The molecule has 0 aliphatic carbocycles. The van der Waals surface area contributed by atoms with E-state index < -0.39 is 32.3 Å². The Kier molecular flexibility index (Phi) is 7.49. The zero-order valence-corrected chi connectivity index (χ0v) is 17.4. The van der Waals surface area contributed by atoms with E-state index in [2.05, 4.69) is 0 Å². The number of benzene rings is 1. The van der Waals surface area contributed by atoms with Gasteiger partial charge in [-0.3, -0.25) is 15.2 Å². The number of ether oxygens (including phenoxy) is 2. The van der Waals surface area contributed by atoms with E-state index in [4.69, 9.17) is 31.5 Å². The SMILES string of the molecule is O=C(C1COCCC1S(=O)(=O)N1CCC(OCc2cccc(Cl)c2)CC1)N(O)O. The number of hydroxylamine groups is 2. The number of rotatable bonds is 6. The maximum absolute atomic E-state index is 13.1. The number of nitrogens with zero attached hydrogens (tertiary/aromatic N) is 2. The van der Waals surface area contributed by atoms with Crippen LogP contribution in [-0.2, 0) is 30.9 Å². The topological polar surface area (TPSA) is 117 Å². The van der Waals surface area contributed by atoms with Gasteiger partial charge in [-0.25, -0.2) is 12.7 Å². The first kappa shape index (κ1) is 22.4. The second-order valence-corrected chi connectivity index (χ2v) is 9.81. The average Bonchev–Trinajstić information content (AvgIpc) is 2.72. The largest absolute Gasteiger partial charge is 0.381 e. The lowest BCUT2D eigenvalue weighted by Crippen LogP contribution is -2.53. The lowest BCUT2D eigenvalue weighted by atomic mass is 10.0. The van der Waals surface area contributed by atoms with Crippen LogP contribution in [0.4, 0.5) is 0 Å². The second kappa shape index (κ2) is 9.69. The zero-order valence-electron chi connectivity index (χ0n) is 15.8. The van der Waals surface area contributed by atoms with Crippen LogP contribution in [0.2, 0.25) is 5.02 Å². The van der Waals surface area contributed by atoms with Crippen molar-refractivity contribution in [3.8, 4) is 0 Å². The zero-order chi connectivity index (χ0) is 21.0. The highest BCUT2D eigenvalue weighted by Gasteiger charge is 2.45. The summed E-state index contributed by atoms with van der Waals surface area (Å²) < 4.78 is 38.6. The minimum absolute atomic E-state index is 0.0714. The third-order valence-electron chi connectivity index (χ3n) is 5.33. The molecular weight excluding hydrogens is 424 g/mol. The Labute approximate surface area is 174 Å². The molecule has 2 aliphatic heterocycles.